The summed E-state index contributed by atoms with van der Waals surface area (Å²) in [5.74, 6) is -0.815. The van der Waals surface area contributed by atoms with Gasteiger partial charge in [0.05, 0.1) is 6.42 Å². The van der Waals surface area contributed by atoms with Gasteiger partial charge in [0.25, 0.3) is 0 Å². The van der Waals surface area contributed by atoms with Crippen LogP contribution in [0.25, 0.3) is 0 Å². The molecular formula is C11H15NO2S. The number of aliphatic carboxylic acids is 1. The summed E-state index contributed by atoms with van der Waals surface area (Å²) in [6, 6.07) is 9.35. The van der Waals surface area contributed by atoms with Crippen LogP contribution in [0, 0.1) is 0 Å². The Morgan fingerprint density at radius 1 is 1.47 bits per heavy atom. The average Bonchev–Trinajstić information content (AvgIpc) is 2.17. The molecule has 0 aliphatic rings. The van der Waals surface area contributed by atoms with Crippen molar-refractivity contribution in [3.8, 4) is 0 Å². The van der Waals surface area contributed by atoms with Crippen LogP contribution in [0.1, 0.15) is 24.9 Å². The molecule has 2 unspecified atom stereocenters. The number of carboxylic acid groups (broad SMARTS) is 1. The number of hydrogen-bond donors (Lipinski definition) is 3. The molecule has 0 aliphatic heterocycles. The van der Waals surface area contributed by atoms with Crippen LogP contribution in [-0.4, -0.2) is 16.4 Å². The van der Waals surface area contributed by atoms with Crippen molar-refractivity contribution >= 4 is 18.6 Å². The maximum Gasteiger partial charge on any atom is 0.305 e. The molecule has 0 amide bonds. The number of nitrogens with one attached hydrogen (secondary N) is 1. The van der Waals surface area contributed by atoms with E-state index in [9.17, 15) is 4.79 Å². The molecule has 82 valence electrons. The van der Waals surface area contributed by atoms with Gasteiger partial charge in [-0.05, 0) is 12.5 Å². The number of carboxylic acids is 1. The van der Waals surface area contributed by atoms with Gasteiger partial charge in [0.15, 0.2) is 0 Å². The molecule has 2 N–H and O–H groups in total. The van der Waals surface area contributed by atoms with E-state index in [1.54, 1.807) is 0 Å². The van der Waals surface area contributed by atoms with Crippen molar-refractivity contribution in [2.24, 2.45) is 0 Å². The first-order chi connectivity index (χ1) is 7.09. The average molecular weight is 225 g/mol. The fraction of sp³-hybridized carbons (Fsp3) is 0.364. The van der Waals surface area contributed by atoms with Crippen molar-refractivity contribution in [3.05, 3.63) is 35.9 Å². The molecule has 0 bridgehead atoms. The predicted octanol–water partition coefficient (Wildman–Crippen LogP) is 2.07. The van der Waals surface area contributed by atoms with E-state index in [0.29, 0.717) is 0 Å². The Labute approximate surface area is 94.9 Å². The first-order valence-electron chi connectivity index (χ1n) is 4.80. The molecule has 1 rings (SSSR count). The summed E-state index contributed by atoms with van der Waals surface area (Å²) < 4.78 is 0. The lowest BCUT2D eigenvalue weighted by atomic mass is 10.0. The molecule has 0 saturated heterocycles. The Hall–Kier alpha value is -1.00. The molecule has 3 nitrogen and oxygen atoms in total. The van der Waals surface area contributed by atoms with E-state index >= 15 is 0 Å². The molecule has 0 radical (unpaired) electrons. The molecule has 0 heterocycles. The third-order valence-corrected chi connectivity index (χ3v) is 2.17. The van der Waals surface area contributed by atoms with Gasteiger partial charge >= 0.3 is 5.97 Å². The molecule has 2 atom stereocenters. The summed E-state index contributed by atoms with van der Waals surface area (Å²) in [7, 11) is 0. The van der Waals surface area contributed by atoms with Crippen LogP contribution in [0.15, 0.2) is 30.3 Å². The highest BCUT2D eigenvalue weighted by Crippen LogP contribution is 2.17. The standard InChI is InChI=1S/C11H15NO2S/c1-8(15)12-10(7-11(13)14)9-5-3-2-4-6-9/h2-6,8,10,12,15H,7H2,1H3,(H,13,14). The largest absolute Gasteiger partial charge is 0.481 e. The summed E-state index contributed by atoms with van der Waals surface area (Å²) in [5, 5.41) is 11.9. The molecular weight excluding hydrogens is 210 g/mol. The monoisotopic (exact) mass is 225 g/mol. The van der Waals surface area contributed by atoms with Crippen LogP contribution in [-0.2, 0) is 4.79 Å². The maximum absolute atomic E-state index is 10.7. The zero-order valence-corrected chi connectivity index (χ0v) is 9.45. The lowest BCUT2D eigenvalue weighted by Crippen LogP contribution is -2.28. The van der Waals surface area contributed by atoms with Crippen LogP contribution in [0.5, 0.6) is 0 Å². The van der Waals surface area contributed by atoms with Crippen molar-refractivity contribution in [3.63, 3.8) is 0 Å². The zero-order chi connectivity index (χ0) is 11.3. The van der Waals surface area contributed by atoms with E-state index in [0.717, 1.165) is 5.56 Å². The van der Waals surface area contributed by atoms with Gasteiger partial charge in [-0.1, -0.05) is 30.3 Å². The van der Waals surface area contributed by atoms with E-state index in [2.05, 4.69) is 17.9 Å². The summed E-state index contributed by atoms with van der Waals surface area (Å²) in [5.41, 5.74) is 0.973. The minimum atomic E-state index is -0.815. The lowest BCUT2D eigenvalue weighted by molar-refractivity contribution is -0.137. The van der Waals surface area contributed by atoms with Gasteiger partial charge < -0.3 is 5.11 Å². The van der Waals surface area contributed by atoms with Gasteiger partial charge in [-0.25, -0.2) is 0 Å². The minimum absolute atomic E-state index is 0.0328. The molecule has 0 aliphatic carbocycles. The Morgan fingerprint density at radius 2 is 2.07 bits per heavy atom. The molecule has 15 heavy (non-hydrogen) atoms. The highest BCUT2D eigenvalue weighted by molar-refractivity contribution is 7.80. The van der Waals surface area contributed by atoms with Crippen LogP contribution < -0.4 is 5.32 Å². The van der Waals surface area contributed by atoms with E-state index in [4.69, 9.17) is 5.11 Å². The topological polar surface area (TPSA) is 49.3 Å². The molecule has 4 heteroatoms. The normalized spacial score (nSPS) is 14.5. The van der Waals surface area contributed by atoms with E-state index in [1.807, 2.05) is 37.3 Å². The third-order valence-electron chi connectivity index (χ3n) is 2.02. The minimum Gasteiger partial charge on any atom is -0.481 e. The van der Waals surface area contributed by atoms with Crippen LogP contribution in [0.3, 0.4) is 0 Å². The Morgan fingerprint density at radius 3 is 2.53 bits per heavy atom. The van der Waals surface area contributed by atoms with Crippen LogP contribution >= 0.6 is 12.6 Å². The van der Waals surface area contributed by atoms with Crippen molar-refractivity contribution in [1.29, 1.82) is 0 Å². The predicted molar refractivity (Wildman–Crippen MR) is 63.0 cm³/mol. The summed E-state index contributed by atoms with van der Waals surface area (Å²) in [4.78, 5) is 10.7. The van der Waals surface area contributed by atoms with Crippen molar-refractivity contribution in [2.45, 2.75) is 24.8 Å². The van der Waals surface area contributed by atoms with Gasteiger partial charge in [0.1, 0.15) is 0 Å². The maximum atomic E-state index is 10.7. The summed E-state index contributed by atoms with van der Waals surface area (Å²) in [6.07, 6.45) is 0.0644. The van der Waals surface area contributed by atoms with Gasteiger partial charge in [-0.15, -0.1) is 0 Å². The quantitative estimate of drug-likeness (QED) is 0.531. The van der Waals surface area contributed by atoms with E-state index in [-0.39, 0.29) is 17.8 Å². The van der Waals surface area contributed by atoms with Crippen molar-refractivity contribution < 1.29 is 9.90 Å². The van der Waals surface area contributed by atoms with Crippen molar-refractivity contribution in [2.75, 3.05) is 0 Å². The number of hydrogen-bond acceptors (Lipinski definition) is 3. The van der Waals surface area contributed by atoms with Gasteiger partial charge in [0.2, 0.25) is 0 Å². The van der Waals surface area contributed by atoms with Crippen LogP contribution in [0.4, 0.5) is 0 Å². The van der Waals surface area contributed by atoms with E-state index < -0.39 is 5.97 Å². The zero-order valence-electron chi connectivity index (χ0n) is 8.55. The SMILES string of the molecule is CC(S)NC(CC(=O)O)c1ccccc1. The van der Waals surface area contributed by atoms with Gasteiger partial charge in [-0.3, -0.25) is 10.1 Å². The highest BCUT2D eigenvalue weighted by atomic mass is 32.1. The smallest absolute Gasteiger partial charge is 0.305 e. The van der Waals surface area contributed by atoms with E-state index in [1.165, 1.54) is 0 Å². The second-order valence-corrected chi connectivity index (χ2v) is 4.18. The highest BCUT2D eigenvalue weighted by Gasteiger charge is 2.15. The lowest BCUT2D eigenvalue weighted by Gasteiger charge is -2.19. The second-order valence-electron chi connectivity index (χ2n) is 3.40. The van der Waals surface area contributed by atoms with Crippen LogP contribution in [0.2, 0.25) is 0 Å². The Balaban J connectivity index is 2.76. The molecule has 0 fully saturated rings. The number of benzene rings is 1. The first kappa shape index (κ1) is 12.1. The molecule has 0 spiro atoms. The molecule has 0 aromatic heterocycles. The number of rotatable bonds is 5. The Bertz CT molecular complexity index is 314. The second kappa shape index (κ2) is 5.78. The van der Waals surface area contributed by atoms with Gasteiger partial charge in [0, 0.05) is 11.4 Å². The first-order valence-corrected chi connectivity index (χ1v) is 5.32. The summed E-state index contributed by atoms with van der Waals surface area (Å²) in [6.45, 7) is 1.88. The number of carbonyl (C=O) groups is 1. The number of thiol groups is 1. The molecule has 0 saturated carbocycles. The fourth-order valence-corrected chi connectivity index (χ4v) is 1.60. The third kappa shape index (κ3) is 4.36. The summed E-state index contributed by atoms with van der Waals surface area (Å²) >= 11 is 4.21. The fourth-order valence-electron chi connectivity index (χ4n) is 1.42. The molecule has 1 aromatic carbocycles. The molecule has 1 aromatic rings. The van der Waals surface area contributed by atoms with Gasteiger partial charge in [-0.2, -0.15) is 12.6 Å². The van der Waals surface area contributed by atoms with Crippen molar-refractivity contribution in [1.82, 2.24) is 5.32 Å². The Kier molecular flexibility index (Phi) is 4.65.